The van der Waals surface area contributed by atoms with Crippen molar-refractivity contribution >= 4 is 11.6 Å². The fraction of sp³-hybridized carbons (Fsp3) is 0.714. The molecular weight excluding hydrogens is 238 g/mol. The number of likely N-dealkylation sites (N-methyl/N-ethyl adjacent to an activating group) is 1. The van der Waals surface area contributed by atoms with Gasteiger partial charge >= 0.3 is 0 Å². The Morgan fingerprint density at radius 1 is 1.21 bits per heavy atom. The number of hydrogen-bond acceptors (Lipinski definition) is 5. The molecule has 1 unspecified atom stereocenters. The second kappa shape index (κ2) is 7.28. The highest BCUT2D eigenvalue weighted by atomic mass is 15.2. The summed E-state index contributed by atoms with van der Waals surface area (Å²) < 4.78 is 0. The second-order valence-electron chi connectivity index (χ2n) is 4.88. The van der Waals surface area contributed by atoms with Crippen molar-refractivity contribution in [2.75, 3.05) is 30.7 Å². The van der Waals surface area contributed by atoms with Gasteiger partial charge in [-0.3, -0.25) is 0 Å². The summed E-state index contributed by atoms with van der Waals surface area (Å²) in [7, 11) is 0. The van der Waals surface area contributed by atoms with Gasteiger partial charge in [-0.25, -0.2) is 9.97 Å². The zero-order valence-electron chi connectivity index (χ0n) is 12.8. The van der Waals surface area contributed by atoms with Crippen LogP contribution in [0.4, 0.5) is 11.6 Å². The molecule has 0 bridgehead atoms. The molecule has 0 aromatic carbocycles. The number of nitrogens with zero attached hydrogens (tertiary/aromatic N) is 3. The number of rotatable bonds is 7. The van der Waals surface area contributed by atoms with E-state index in [4.69, 9.17) is 5.73 Å². The van der Waals surface area contributed by atoms with E-state index in [9.17, 15) is 0 Å². The first-order valence-electron chi connectivity index (χ1n) is 7.13. The lowest BCUT2D eigenvalue weighted by Crippen LogP contribution is -2.35. The third-order valence-electron chi connectivity index (χ3n) is 3.36. The van der Waals surface area contributed by atoms with Gasteiger partial charge in [-0.15, -0.1) is 0 Å². The average molecular weight is 265 g/mol. The van der Waals surface area contributed by atoms with Gasteiger partial charge in [-0.2, -0.15) is 0 Å². The van der Waals surface area contributed by atoms with Crippen LogP contribution in [0.3, 0.4) is 0 Å². The Labute approximate surface area is 116 Å². The molecule has 0 aliphatic rings. The van der Waals surface area contributed by atoms with Gasteiger partial charge in [0.05, 0.1) is 0 Å². The third kappa shape index (κ3) is 4.35. The fourth-order valence-corrected chi connectivity index (χ4v) is 2.03. The Bertz CT molecular complexity index is 401. The molecule has 1 atom stereocenters. The molecule has 19 heavy (non-hydrogen) atoms. The summed E-state index contributed by atoms with van der Waals surface area (Å²) in [5, 5.41) is 3.45. The van der Waals surface area contributed by atoms with E-state index < -0.39 is 0 Å². The lowest BCUT2D eigenvalue weighted by molar-refractivity contribution is 0.294. The normalized spacial score (nSPS) is 12.7. The molecule has 0 saturated carbocycles. The van der Waals surface area contributed by atoms with Crippen molar-refractivity contribution in [3.63, 3.8) is 0 Å². The summed E-state index contributed by atoms with van der Waals surface area (Å²) in [4.78, 5) is 11.2. The van der Waals surface area contributed by atoms with Crippen LogP contribution in [0, 0.1) is 6.92 Å². The lowest BCUT2D eigenvalue weighted by Gasteiger charge is -2.24. The summed E-state index contributed by atoms with van der Waals surface area (Å²) in [6, 6.07) is 0.331. The summed E-state index contributed by atoms with van der Waals surface area (Å²) in [5.41, 5.74) is 6.86. The first kappa shape index (κ1) is 15.7. The van der Waals surface area contributed by atoms with Gasteiger partial charge in [0.1, 0.15) is 17.5 Å². The van der Waals surface area contributed by atoms with Gasteiger partial charge in [0.25, 0.3) is 0 Å². The van der Waals surface area contributed by atoms with Gasteiger partial charge in [0, 0.05) is 24.6 Å². The predicted molar refractivity (Wildman–Crippen MR) is 81.4 cm³/mol. The Balaban J connectivity index is 2.78. The SMILES string of the molecule is CCc1nc(N)c(C)c(NC(C)CN(CC)CC)n1. The minimum Gasteiger partial charge on any atom is -0.383 e. The highest BCUT2D eigenvalue weighted by Crippen LogP contribution is 2.18. The van der Waals surface area contributed by atoms with Crippen LogP contribution in [0.15, 0.2) is 0 Å². The second-order valence-corrected chi connectivity index (χ2v) is 4.88. The van der Waals surface area contributed by atoms with Gasteiger partial charge in [-0.05, 0) is 26.9 Å². The van der Waals surface area contributed by atoms with Crippen molar-refractivity contribution in [2.45, 2.75) is 47.1 Å². The van der Waals surface area contributed by atoms with Crippen LogP contribution in [0.25, 0.3) is 0 Å². The van der Waals surface area contributed by atoms with E-state index in [0.29, 0.717) is 11.9 Å². The number of anilines is 2. The Hall–Kier alpha value is -1.36. The highest BCUT2D eigenvalue weighted by molar-refractivity contribution is 5.55. The fourth-order valence-electron chi connectivity index (χ4n) is 2.03. The van der Waals surface area contributed by atoms with Crippen LogP contribution in [-0.2, 0) is 6.42 Å². The van der Waals surface area contributed by atoms with Crippen molar-refractivity contribution in [1.82, 2.24) is 14.9 Å². The molecule has 0 saturated heterocycles. The van der Waals surface area contributed by atoms with E-state index in [1.807, 2.05) is 13.8 Å². The van der Waals surface area contributed by atoms with Crippen LogP contribution in [0.1, 0.15) is 39.1 Å². The van der Waals surface area contributed by atoms with Crippen LogP contribution in [0.5, 0.6) is 0 Å². The molecule has 1 heterocycles. The third-order valence-corrected chi connectivity index (χ3v) is 3.36. The van der Waals surface area contributed by atoms with E-state index in [-0.39, 0.29) is 0 Å². The van der Waals surface area contributed by atoms with E-state index in [2.05, 4.69) is 41.0 Å². The largest absolute Gasteiger partial charge is 0.383 e. The molecule has 0 aliphatic carbocycles. The number of nitrogen functional groups attached to an aromatic ring is 1. The molecule has 0 spiro atoms. The molecule has 1 aromatic rings. The van der Waals surface area contributed by atoms with E-state index in [1.54, 1.807) is 0 Å². The number of nitrogens with two attached hydrogens (primary N) is 1. The van der Waals surface area contributed by atoms with Crippen LogP contribution in [-0.4, -0.2) is 40.5 Å². The Morgan fingerprint density at radius 3 is 2.37 bits per heavy atom. The monoisotopic (exact) mass is 265 g/mol. The topological polar surface area (TPSA) is 67.1 Å². The quantitative estimate of drug-likeness (QED) is 0.790. The Kier molecular flexibility index (Phi) is 6.02. The molecule has 0 radical (unpaired) electrons. The van der Waals surface area contributed by atoms with Crippen molar-refractivity contribution in [2.24, 2.45) is 0 Å². The van der Waals surface area contributed by atoms with Crippen molar-refractivity contribution in [1.29, 1.82) is 0 Å². The lowest BCUT2D eigenvalue weighted by atomic mass is 10.2. The summed E-state index contributed by atoms with van der Waals surface area (Å²) in [6.07, 6.45) is 0.795. The average Bonchev–Trinajstić information content (AvgIpc) is 2.40. The molecule has 3 N–H and O–H groups in total. The molecule has 0 aliphatic heterocycles. The van der Waals surface area contributed by atoms with Crippen molar-refractivity contribution in [3.05, 3.63) is 11.4 Å². The predicted octanol–water partition coefficient (Wildman–Crippen LogP) is 2.07. The number of aryl methyl sites for hydroxylation is 1. The first-order chi connectivity index (χ1) is 9.01. The van der Waals surface area contributed by atoms with Crippen LogP contribution < -0.4 is 11.1 Å². The molecule has 1 rings (SSSR count). The smallest absolute Gasteiger partial charge is 0.135 e. The molecule has 1 aromatic heterocycles. The van der Waals surface area contributed by atoms with Gasteiger partial charge < -0.3 is 16.0 Å². The highest BCUT2D eigenvalue weighted by Gasteiger charge is 2.12. The van der Waals surface area contributed by atoms with Crippen molar-refractivity contribution in [3.8, 4) is 0 Å². The number of hydrogen-bond donors (Lipinski definition) is 2. The molecule has 5 nitrogen and oxygen atoms in total. The molecule has 5 heteroatoms. The summed E-state index contributed by atoms with van der Waals surface area (Å²) >= 11 is 0. The zero-order valence-corrected chi connectivity index (χ0v) is 12.8. The Morgan fingerprint density at radius 2 is 1.84 bits per heavy atom. The number of aromatic nitrogens is 2. The van der Waals surface area contributed by atoms with Gasteiger partial charge in [0.15, 0.2) is 0 Å². The number of nitrogens with one attached hydrogen (secondary N) is 1. The van der Waals surface area contributed by atoms with Crippen LogP contribution >= 0.6 is 0 Å². The molecule has 108 valence electrons. The maximum atomic E-state index is 5.92. The minimum absolute atomic E-state index is 0.331. The summed E-state index contributed by atoms with van der Waals surface area (Å²) in [5.74, 6) is 2.23. The van der Waals surface area contributed by atoms with E-state index in [0.717, 1.165) is 43.3 Å². The first-order valence-corrected chi connectivity index (χ1v) is 7.13. The standard InChI is InChI=1S/C14H27N5/c1-6-12-17-13(15)11(5)14(18-12)16-10(4)9-19(7-2)8-3/h10H,6-9H2,1-5H3,(H3,15,16,17,18). The maximum absolute atomic E-state index is 5.92. The van der Waals surface area contributed by atoms with Gasteiger partial charge in [-0.1, -0.05) is 20.8 Å². The molecular formula is C14H27N5. The maximum Gasteiger partial charge on any atom is 0.135 e. The molecule has 0 amide bonds. The van der Waals surface area contributed by atoms with Gasteiger partial charge in [0.2, 0.25) is 0 Å². The zero-order chi connectivity index (χ0) is 14.4. The minimum atomic E-state index is 0.331. The van der Waals surface area contributed by atoms with Crippen molar-refractivity contribution < 1.29 is 0 Å². The summed E-state index contributed by atoms with van der Waals surface area (Å²) in [6.45, 7) is 13.6. The van der Waals surface area contributed by atoms with E-state index in [1.165, 1.54) is 0 Å². The van der Waals surface area contributed by atoms with E-state index >= 15 is 0 Å². The van der Waals surface area contributed by atoms with Crippen LogP contribution in [0.2, 0.25) is 0 Å². The molecule has 0 fully saturated rings.